The SMILES string of the molecule is CC1CN(S(=O)(=O)C2CC2)CCS1. The zero-order valence-electron chi connectivity index (χ0n) is 7.77. The van der Waals surface area contributed by atoms with Crippen LogP contribution in [0.1, 0.15) is 19.8 Å². The second-order valence-corrected chi connectivity index (χ2v) is 7.54. The van der Waals surface area contributed by atoms with Crippen LogP contribution in [0, 0.1) is 0 Å². The maximum atomic E-state index is 11.8. The van der Waals surface area contributed by atoms with Gasteiger partial charge in [-0.2, -0.15) is 16.1 Å². The zero-order chi connectivity index (χ0) is 9.47. The third-order valence-electron chi connectivity index (χ3n) is 2.51. The number of hydrogen-bond donors (Lipinski definition) is 0. The molecule has 0 aromatic rings. The van der Waals surface area contributed by atoms with Crippen molar-refractivity contribution in [2.75, 3.05) is 18.8 Å². The molecule has 0 radical (unpaired) electrons. The van der Waals surface area contributed by atoms with Gasteiger partial charge in [0.15, 0.2) is 0 Å². The van der Waals surface area contributed by atoms with Crippen molar-refractivity contribution in [1.82, 2.24) is 4.31 Å². The van der Waals surface area contributed by atoms with E-state index in [2.05, 4.69) is 6.92 Å². The van der Waals surface area contributed by atoms with Crippen LogP contribution in [0.25, 0.3) is 0 Å². The molecule has 5 heteroatoms. The Morgan fingerprint density at radius 3 is 2.62 bits per heavy atom. The maximum absolute atomic E-state index is 11.8. The molecule has 3 nitrogen and oxygen atoms in total. The second kappa shape index (κ2) is 3.44. The first-order valence-electron chi connectivity index (χ1n) is 4.71. The van der Waals surface area contributed by atoms with E-state index in [9.17, 15) is 8.42 Å². The maximum Gasteiger partial charge on any atom is 0.217 e. The first-order chi connectivity index (χ1) is 6.10. The predicted octanol–water partition coefficient (Wildman–Crippen LogP) is 0.916. The quantitative estimate of drug-likeness (QED) is 0.696. The fourth-order valence-corrected chi connectivity index (χ4v) is 4.75. The van der Waals surface area contributed by atoms with Gasteiger partial charge in [0.1, 0.15) is 0 Å². The normalized spacial score (nSPS) is 31.9. The van der Waals surface area contributed by atoms with Crippen molar-refractivity contribution in [3.63, 3.8) is 0 Å². The average molecular weight is 221 g/mol. The summed E-state index contributed by atoms with van der Waals surface area (Å²) >= 11 is 1.86. The Morgan fingerprint density at radius 2 is 2.08 bits per heavy atom. The van der Waals surface area contributed by atoms with Gasteiger partial charge < -0.3 is 0 Å². The van der Waals surface area contributed by atoms with E-state index < -0.39 is 10.0 Å². The highest BCUT2D eigenvalue weighted by Crippen LogP contribution is 2.33. The van der Waals surface area contributed by atoms with Crippen LogP contribution in [0.15, 0.2) is 0 Å². The molecule has 1 heterocycles. The van der Waals surface area contributed by atoms with Crippen molar-refractivity contribution in [3.8, 4) is 0 Å². The Balaban J connectivity index is 2.06. The van der Waals surface area contributed by atoms with Crippen LogP contribution < -0.4 is 0 Å². The molecule has 0 aromatic carbocycles. The number of rotatable bonds is 2. The summed E-state index contributed by atoms with van der Waals surface area (Å²) in [5.74, 6) is 0.952. The van der Waals surface area contributed by atoms with Gasteiger partial charge in [-0.3, -0.25) is 0 Å². The Morgan fingerprint density at radius 1 is 1.38 bits per heavy atom. The van der Waals surface area contributed by atoms with E-state index in [0.717, 1.165) is 18.6 Å². The van der Waals surface area contributed by atoms with Gasteiger partial charge in [0.25, 0.3) is 0 Å². The van der Waals surface area contributed by atoms with E-state index in [1.54, 1.807) is 4.31 Å². The van der Waals surface area contributed by atoms with Gasteiger partial charge in [0.2, 0.25) is 10.0 Å². The molecule has 1 unspecified atom stereocenters. The number of hydrogen-bond acceptors (Lipinski definition) is 3. The molecule has 0 amide bonds. The molecule has 1 saturated carbocycles. The van der Waals surface area contributed by atoms with Gasteiger partial charge in [-0.05, 0) is 12.8 Å². The van der Waals surface area contributed by atoms with E-state index in [0.29, 0.717) is 18.3 Å². The first kappa shape index (κ1) is 9.80. The summed E-state index contributed by atoms with van der Waals surface area (Å²) in [6, 6.07) is 0. The van der Waals surface area contributed by atoms with Gasteiger partial charge in [-0.25, -0.2) is 8.42 Å². The minimum Gasteiger partial charge on any atom is -0.212 e. The molecular formula is C8H15NO2S2. The standard InChI is InChI=1S/C8H15NO2S2/c1-7-6-9(4-5-12-7)13(10,11)8-2-3-8/h7-8H,2-6H2,1H3. The lowest BCUT2D eigenvalue weighted by atomic mass is 10.4. The molecule has 0 aromatic heterocycles. The average Bonchev–Trinajstić information content (AvgIpc) is 2.86. The van der Waals surface area contributed by atoms with Crippen LogP contribution in [0.2, 0.25) is 0 Å². The van der Waals surface area contributed by atoms with Crippen LogP contribution in [-0.4, -0.2) is 42.1 Å². The van der Waals surface area contributed by atoms with Crippen LogP contribution in [0.5, 0.6) is 0 Å². The van der Waals surface area contributed by atoms with Crippen molar-refractivity contribution in [3.05, 3.63) is 0 Å². The highest BCUT2D eigenvalue weighted by molar-refractivity contribution is 8.00. The molecule has 1 atom stereocenters. The van der Waals surface area contributed by atoms with Crippen LogP contribution >= 0.6 is 11.8 Å². The predicted molar refractivity (Wildman–Crippen MR) is 55.4 cm³/mol. The Hall–Kier alpha value is 0.260. The van der Waals surface area contributed by atoms with Crippen molar-refractivity contribution in [2.45, 2.75) is 30.3 Å². The molecule has 13 heavy (non-hydrogen) atoms. The van der Waals surface area contributed by atoms with Crippen LogP contribution in [0.3, 0.4) is 0 Å². The molecule has 0 spiro atoms. The summed E-state index contributed by atoms with van der Waals surface area (Å²) in [5, 5.41) is 0.421. The fourth-order valence-electron chi connectivity index (χ4n) is 1.59. The highest BCUT2D eigenvalue weighted by Gasteiger charge is 2.41. The van der Waals surface area contributed by atoms with Crippen molar-refractivity contribution < 1.29 is 8.42 Å². The van der Waals surface area contributed by atoms with Crippen LogP contribution in [-0.2, 0) is 10.0 Å². The Labute approximate surface area is 83.9 Å². The lowest BCUT2D eigenvalue weighted by Crippen LogP contribution is -2.42. The summed E-state index contributed by atoms with van der Waals surface area (Å²) in [6.45, 7) is 3.52. The minimum atomic E-state index is -2.90. The third kappa shape index (κ3) is 2.02. The van der Waals surface area contributed by atoms with Gasteiger partial charge in [0, 0.05) is 24.1 Å². The van der Waals surface area contributed by atoms with E-state index >= 15 is 0 Å². The summed E-state index contributed by atoms with van der Waals surface area (Å²) in [5.41, 5.74) is 0. The summed E-state index contributed by atoms with van der Waals surface area (Å²) in [4.78, 5) is 0. The van der Waals surface area contributed by atoms with Crippen molar-refractivity contribution >= 4 is 21.8 Å². The molecule has 2 aliphatic rings. The summed E-state index contributed by atoms with van der Waals surface area (Å²) in [7, 11) is -2.90. The number of thioether (sulfide) groups is 1. The molecular weight excluding hydrogens is 206 g/mol. The Bertz CT molecular complexity index is 285. The molecule has 1 aliphatic heterocycles. The zero-order valence-corrected chi connectivity index (χ0v) is 9.40. The molecule has 1 aliphatic carbocycles. The fraction of sp³-hybridized carbons (Fsp3) is 1.00. The molecule has 2 rings (SSSR count). The van der Waals surface area contributed by atoms with Gasteiger partial charge in [0.05, 0.1) is 5.25 Å². The number of sulfonamides is 1. The topological polar surface area (TPSA) is 37.4 Å². The van der Waals surface area contributed by atoms with E-state index in [1.165, 1.54) is 0 Å². The lowest BCUT2D eigenvalue weighted by molar-refractivity contribution is 0.423. The van der Waals surface area contributed by atoms with Gasteiger partial charge in [-0.1, -0.05) is 6.92 Å². The Kier molecular flexibility index (Phi) is 2.59. The second-order valence-electron chi connectivity index (χ2n) is 3.78. The molecule has 1 saturated heterocycles. The highest BCUT2D eigenvalue weighted by atomic mass is 32.2. The molecule has 0 N–H and O–H groups in total. The lowest BCUT2D eigenvalue weighted by Gasteiger charge is -2.29. The van der Waals surface area contributed by atoms with Gasteiger partial charge in [-0.15, -0.1) is 0 Å². The number of nitrogens with zero attached hydrogens (tertiary/aromatic N) is 1. The van der Waals surface area contributed by atoms with Crippen molar-refractivity contribution in [2.24, 2.45) is 0 Å². The van der Waals surface area contributed by atoms with Crippen molar-refractivity contribution in [1.29, 1.82) is 0 Å². The minimum absolute atomic E-state index is 0.0391. The first-order valence-corrected chi connectivity index (χ1v) is 7.26. The summed E-state index contributed by atoms with van der Waals surface area (Å²) in [6.07, 6.45) is 1.75. The molecule has 2 fully saturated rings. The third-order valence-corrected chi connectivity index (χ3v) is 6.01. The molecule has 76 valence electrons. The monoisotopic (exact) mass is 221 g/mol. The molecule has 0 bridgehead atoms. The van der Waals surface area contributed by atoms with Gasteiger partial charge >= 0.3 is 0 Å². The summed E-state index contributed by atoms with van der Waals surface area (Å²) < 4.78 is 25.3. The van der Waals surface area contributed by atoms with E-state index in [-0.39, 0.29) is 5.25 Å². The smallest absolute Gasteiger partial charge is 0.212 e. The van der Waals surface area contributed by atoms with E-state index in [1.807, 2.05) is 11.8 Å². The largest absolute Gasteiger partial charge is 0.217 e. The van der Waals surface area contributed by atoms with E-state index in [4.69, 9.17) is 0 Å². The van der Waals surface area contributed by atoms with Crippen LogP contribution in [0.4, 0.5) is 0 Å².